The van der Waals surface area contributed by atoms with Crippen LogP contribution in [-0.4, -0.2) is 28.8 Å². The summed E-state index contributed by atoms with van der Waals surface area (Å²) in [7, 11) is 1.53. The van der Waals surface area contributed by atoms with Gasteiger partial charge in [-0.1, -0.05) is 0 Å². The molecular weight excluding hydrogens is 325 g/mol. The lowest BCUT2D eigenvalue weighted by molar-refractivity contribution is 0.0949. The average Bonchev–Trinajstić information content (AvgIpc) is 2.58. The third-order valence-electron chi connectivity index (χ3n) is 3.89. The minimum Gasteiger partial charge on any atom is -0.494 e. The van der Waals surface area contributed by atoms with E-state index < -0.39 is 5.56 Å². The van der Waals surface area contributed by atoms with E-state index in [0.29, 0.717) is 36.6 Å². The van der Waals surface area contributed by atoms with Gasteiger partial charge in [0.1, 0.15) is 17.1 Å². The van der Waals surface area contributed by atoms with Gasteiger partial charge in [0.05, 0.1) is 12.3 Å². The number of nitrogens with one attached hydrogen (secondary N) is 1. The first-order valence-corrected chi connectivity index (χ1v) is 8.11. The number of unbranched alkanes of at least 4 members (excludes halogenated alkanes) is 1. The minimum absolute atomic E-state index is 0.137. The van der Waals surface area contributed by atoms with Crippen LogP contribution in [0, 0.1) is 19.7 Å². The van der Waals surface area contributed by atoms with Crippen LogP contribution in [0.3, 0.4) is 0 Å². The van der Waals surface area contributed by atoms with Gasteiger partial charge in [-0.2, -0.15) is 5.10 Å². The highest BCUT2D eigenvalue weighted by molar-refractivity contribution is 5.95. The second kappa shape index (κ2) is 8.41. The van der Waals surface area contributed by atoms with Crippen molar-refractivity contribution in [2.75, 3.05) is 13.2 Å². The van der Waals surface area contributed by atoms with Crippen LogP contribution in [0.25, 0.3) is 0 Å². The van der Waals surface area contributed by atoms with Crippen LogP contribution in [-0.2, 0) is 7.05 Å². The topological polar surface area (TPSA) is 73.2 Å². The summed E-state index contributed by atoms with van der Waals surface area (Å²) in [6, 6.07) is 5.83. The molecule has 0 spiro atoms. The van der Waals surface area contributed by atoms with Crippen molar-refractivity contribution >= 4 is 5.91 Å². The number of ether oxygens (including phenoxy) is 1. The van der Waals surface area contributed by atoms with E-state index >= 15 is 0 Å². The first-order chi connectivity index (χ1) is 11.9. The molecule has 25 heavy (non-hydrogen) atoms. The lowest BCUT2D eigenvalue weighted by atomic mass is 10.1. The largest absolute Gasteiger partial charge is 0.494 e. The van der Waals surface area contributed by atoms with Crippen molar-refractivity contribution in [2.45, 2.75) is 26.7 Å². The second-order valence-corrected chi connectivity index (χ2v) is 5.78. The Morgan fingerprint density at radius 1 is 1.24 bits per heavy atom. The predicted molar refractivity (Wildman–Crippen MR) is 92.4 cm³/mol. The van der Waals surface area contributed by atoms with E-state index in [1.165, 1.54) is 23.9 Å². The molecule has 7 heteroatoms. The van der Waals surface area contributed by atoms with Crippen LogP contribution in [0.5, 0.6) is 5.75 Å². The predicted octanol–water partition coefficient (Wildman–Crippen LogP) is 2.13. The highest BCUT2D eigenvalue weighted by atomic mass is 19.1. The second-order valence-electron chi connectivity index (χ2n) is 5.78. The van der Waals surface area contributed by atoms with Gasteiger partial charge >= 0.3 is 0 Å². The van der Waals surface area contributed by atoms with E-state index in [1.807, 2.05) is 0 Å². The van der Waals surface area contributed by atoms with E-state index in [1.54, 1.807) is 26.0 Å². The van der Waals surface area contributed by atoms with Crippen LogP contribution in [0.2, 0.25) is 0 Å². The number of benzene rings is 1. The molecule has 2 aromatic rings. The molecule has 0 aliphatic rings. The zero-order chi connectivity index (χ0) is 18.4. The van der Waals surface area contributed by atoms with Gasteiger partial charge in [-0.05, 0) is 56.5 Å². The van der Waals surface area contributed by atoms with Crippen molar-refractivity contribution in [3.05, 3.63) is 57.3 Å². The van der Waals surface area contributed by atoms with Crippen molar-refractivity contribution in [1.29, 1.82) is 0 Å². The van der Waals surface area contributed by atoms with E-state index in [4.69, 9.17) is 4.74 Å². The van der Waals surface area contributed by atoms with Crippen LogP contribution in [0.1, 0.15) is 34.5 Å². The van der Waals surface area contributed by atoms with Gasteiger partial charge < -0.3 is 10.1 Å². The number of nitrogens with zero attached hydrogens (tertiary/aromatic N) is 2. The molecule has 1 aromatic carbocycles. The Morgan fingerprint density at radius 3 is 2.60 bits per heavy atom. The molecule has 6 nitrogen and oxygen atoms in total. The zero-order valence-electron chi connectivity index (χ0n) is 14.6. The molecule has 1 aromatic heterocycles. The Morgan fingerprint density at radius 2 is 1.92 bits per heavy atom. The Hall–Kier alpha value is -2.70. The SMILES string of the molecule is Cc1nn(C)c(=O)c(C(=O)NCCCCOc2ccc(F)cc2)c1C. The molecule has 0 bridgehead atoms. The summed E-state index contributed by atoms with van der Waals surface area (Å²) in [5.41, 5.74) is 0.984. The average molecular weight is 347 g/mol. The molecule has 134 valence electrons. The zero-order valence-corrected chi connectivity index (χ0v) is 14.6. The molecular formula is C18H22FN3O3. The normalized spacial score (nSPS) is 10.6. The Kier molecular flexibility index (Phi) is 6.27. The minimum atomic E-state index is -0.403. The van der Waals surface area contributed by atoms with E-state index in [-0.39, 0.29) is 17.3 Å². The van der Waals surface area contributed by atoms with E-state index in [9.17, 15) is 14.0 Å². The number of hydrogen-bond acceptors (Lipinski definition) is 4. The molecule has 0 radical (unpaired) electrons. The number of rotatable bonds is 7. The van der Waals surface area contributed by atoms with Crippen molar-refractivity contribution in [3.63, 3.8) is 0 Å². The van der Waals surface area contributed by atoms with E-state index in [0.717, 1.165) is 6.42 Å². The standard InChI is InChI=1S/C18H22FN3O3/c1-12-13(2)21-22(3)18(24)16(12)17(23)20-10-4-5-11-25-15-8-6-14(19)7-9-15/h6-9H,4-5,10-11H2,1-3H3,(H,20,23). The molecule has 0 fully saturated rings. The molecule has 1 heterocycles. The number of aryl methyl sites for hydroxylation is 2. The summed E-state index contributed by atoms with van der Waals surface area (Å²) in [6.07, 6.45) is 1.43. The first-order valence-electron chi connectivity index (χ1n) is 8.11. The summed E-state index contributed by atoms with van der Waals surface area (Å²) in [4.78, 5) is 24.4. The highest BCUT2D eigenvalue weighted by Crippen LogP contribution is 2.11. The maximum Gasteiger partial charge on any atom is 0.279 e. The maximum absolute atomic E-state index is 12.8. The van der Waals surface area contributed by atoms with Gasteiger partial charge in [-0.25, -0.2) is 9.07 Å². The Balaban J connectivity index is 1.78. The first kappa shape index (κ1) is 18.6. The third-order valence-corrected chi connectivity index (χ3v) is 3.89. The Bertz CT molecular complexity index is 800. The van der Waals surface area contributed by atoms with Gasteiger partial charge in [-0.15, -0.1) is 0 Å². The maximum atomic E-state index is 12.8. The quantitative estimate of drug-likeness (QED) is 0.779. The summed E-state index contributed by atoms with van der Waals surface area (Å²) in [6.45, 7) is 4.39. The van der Waals surface area contributed by atoms with Gasteiger partial charge in [0.15, 0.2) is 0 Å². The molecule has 2 rings (SSSR count). The molecule has 0 unspecified atom stereocenters. The Labute approximate surface area is 145 Å². The molecule has 0 aliphatic carbocycles. The number of carbonyl (C=O) groups excluding carboxylic acids is 1. The smallest absolute Gasteiger partial charge is 0.279 e. The van der Waals surface area contributed by atoms with Crippen LogP contribution in [0.15, 0.2) is 29.1 Å². The molecule has 0 saturated heterocycles. The summed E-state index contributed by atoms with van der Waals surface area (Å²) in [5, 5.41) is 6.81. The molecule has 0 atom stereocenters. The number of aromatic nitrogens is 2. The monoisotopic (exact) mass is 347 g/mol. The van der Waals surface area contributed by atoms with Gasteiger partial charge in [0, 0.05) is 13.6 Å². The fourth-order valence-electron chi connectivity index (χ4n) is 2.35. The van der Waals surface area contributed by atoms with Crippen LogP contribution < -0.4 is 15.6 Å². The van der Waals surface area contributed by atoms with E-state index in [2.05, 4.69) is 10.4 Å². The van der Waals surface area contributed by atoms with Crippen molar-refractivity contribution in [2.24, 2.45) is 7.05 Å². The number of hydrogen-bond donors (Lipinski definition) is 1. The van der Waals surface area contributed by atoms with Crippen LogP contribution in [0.4, 0.5) is 4.39 Å². The lowest BCUT2D eigenvalue weighted by Gasteiger charge is -2.10. The van der Waals surface area contributed by atoms with Gasteiger partial charge in [0.2, 0.25) is 0 Å². The van der Waals surface area contributed by atoms with Crippen molar-refractivity contribution < 1.29 is 13.9 Å². The fourth-order valence-corrected chi connectivity index (χ4v) is 2.35. The third kappa shape index (κ3) is 4.89. The summed E-state index contributed by atoms with van der Waals surface area (Å²) < 4.78 is 19.4. The fraction of sp³-hybridized carbons (Fsp3) is 0.389. The summed E-state index contributed by atoms with van der Waals surface area (Å²) >= 11 is 0. The summed E-state index contributed by atoms with van der Waals surface area (Å²) in [5.74, 6) is -0.0808. The van der Waals surface area contributed by atoms with Crippen LogP contribution >= 0.6 is 0 Å². The molecule has 1 N–H and O–H groups in total. The highest BCUT2D eigenvalue weighted by Gasteiger charge is 2.17. The lowest BCUT2D eigenvalue weighted by Crippen LogP contribution is -2.35. The number of halogens is 1. The van der Waals surface area contributed by atoms with Crippen molar-refractivity contribution in [3.8, 4) is 5.75 Å². The number of carbonyl (C=O) groups is 1. The molecule has 1 amide bonds. The van der Waals surface area contributed by atoms with Crippen molar-refractivity contribution in [1.82, 2.24) is 15.1 Å². The molecule has 0 saturated carbocycles. The van der Waals surface area contributed by atoms with Gasteiger partial charge in [0.25, 0.3) is 11.5 Å². The van der Waals surface area contributed by atoms with Gasteiger partial charge in [-0.3, -0.25) is 9.59 Å². The molecule has 0 aliphatic heterocycles. The number of amides is 1.